The van der Waals surface area contributed by atoms with Crippen molar-refractivity contribution in [2.75, 3.05) is 0 Å². The molecule has 0 aromatic heterocycles. The third-order valence-electron chi connectivity index (χ3n) is 2.94. The van der Waals surface area contributed by atoms with E-state index in [-0.39, 0.29) is 5.56 Å². The van der Waals surface area contributed by atoms with Gasteiger partial charge in [0, 0.05) is 0 Å². The van der Waals surface area contributed by atoms with E-state index in [1.54, 1.807) is 6.07 Å². The molecule has 2 aromatic carbocycles. The number of carboxylic acid groups (broad SMARTS) is 1. The van der Waals surface area contributed by atoms with Gasteiger partial charge in [0.15, 0.2) is 0 Å². The molecule has 0 aliphatic heterocycles. The number of hydrogen-bond acceptors (Lipinski definition) is 2. The Morgan fingerprint density at radius 3 is 2.47 bits per heavy atom. The lowest BCUT2D eigenvalue weighted by atomic mass is 10.0. The fraction of sp³-hybridized carbons (Fsp3) is 0.188. The van der Waals surface area contributed by atoms with Gasteiger partial charge in [-0.1, -0.05) is 49.4 Å². The summed E-state index contributed by atoms with van der Waals surface area (Å²) >= 11 is 0. The van der Waals surface area contributed by atoms with Crippen LogP contribution in [0.4, 0.5) is 0 Å². The summed E-state index contributed by atoms with van der Waals surface area (Å²) in [4.78, 5) is 11.3. The summed E-state index contributed by atoms with van der Waals surface area (Å²) in [6.07, 6.45) is 0.671. The Labute approximate surface area is 112 Å². The molecule has 0 bridgehead atoms. The number of carbonyl (C=O) groups is 1. The van der Waals surface area contributed by atoms with Gasteiger partial charge in [-0.3, -0.25) is 0 Å². The number of rotatable bonds is 5. The Hall–Kier alpha value is -2.29. The molecule has 0 unspecified atom stereocenters. The summed E-state index contributed by atoms with van der Waals surface area (Å²) in [7, 11) is 0. The lowest BCUT2D eigenvalue weighted by molar-refractivity contribution is 0.0690. The van der Waals surface area contributed by atoms with E-state index >= 15 is 0 Å². The average Bonchev–Trinajstić information content (AvgIpc) is 2.45. The number of benzene rings is 2. The van der Waals surface area contributed by atoms with E-state index in [0.717, 1.165) is 11.1 Å². The van der Waals surface area contributed by atoms with Gasteiger partial charge in [0.2, 0.25) is 0 Å². The highest BCUT2D eigenvalue weighted by Gasteiger charge is 2.15. The van der Waals surface area contributed by atoms with Crippen LogP contribution < -0.4 is 4.74 Å². The van der Waals surface area contributed by atoms with E-state index < -0.39 is 5.97 Å². The van der Waals surface area contributed by atoms with Gasteiger partial charge in [0.25, 0.3) is 0 Å². The minimum absolute atomic E-state index is 0.265. The van der Waals surface area contributed by atoms with Crippen LogP contribution in [0.25, 0.3) is 0 Å². The van der Waals surface area contributed by atoms with Crippen molar-refractivity contribution >= 4 is 5.97 Å². The molecule has 98 valence electrons. The molecule has 0 aliphatic rings. The van der Waals surface area contributed by atoms with Gasteiger partial charge in [0.05, 0.1) is 0 Å². The van der Waals surface area contributed by atoms with E-state index in [1.165, 1.54) is 0 Å². The predicted molar refractivity (Wildman–Crippen MR) is 73.6 cm³/mol. The van der Waals surface area contributed by atoms with Crippen molar-refractivity contribution in [1.29, 1.82) is 0 Å². The van der Waals surface area contributed by atoms with E-state index in [2.05, 4.69) is 0 Å². The molecule has 0 radical (unpaired) electrons. The molecule has 0 spiro atoms. The number of carboxylic acids is 1. The monoisotopic (exact) mass is 256 g/mol. The first-order chi connectivity index (χ1) is 9.22. The molecule has 0 aliphatic carbocycles. The van der Waals surface area contributed by atoms with Crippen LogP contribution in [0, 0.1) is 0 Å². The maximum Gasteiger partial charge on any atom is 0.339 e. The fourth-order valence-corrected chi connectivity index (χ4v) is 1.97. The van der Waals surface area contributed by atoms with Crippen molar-refractivity contribution in [2.24, 2.45) is 0 Å². The summed E-state index contributed by atoms with van der Waals surface area (Å²) < 4.78 is 5.65. The van der Waals surface area contributed by atoms with Crippen LogP contribution in [0.15, 0.2) is 48.5 Å². The van der Waals surface area contributed by atoms with Crippen LogP contribution in [0.2, 0.25) is 0 Å². The highest BCUT2D eigenvalue weighted by molar-refractivity contribution is 5.92. The molecule has 19 heavy (non-hydrogen) atoms. The minimum Gasteiger partial charge on any atom is -0.488 e. The summed E-state index contributed by atoms with van der Waals surface area (Å²) in [5.41, 5.74) is 2.07. The van der Waals surface area contributed by atoms with Gasteiger partial charge < -0.3 is 9.84 Å². The Morgan fingerprint density at radius 2 is 1.84 bits per heavy atom. The topological polar surface area (TPSA) is 46.5 Å². The molecule has 0 amide bonds. The Balaban J connectivity index is 2.23. The van der Waals surface area contributed by atoms with E-state index in [9.17, 15) is 9.90 Å². The van der Waals surface area contributed by atoms with Crippen LogP contribution >= 0.6 is 0 Å². The van der Waals surface area contributed by atoms with Gasteiger partial charge in [-0.15, -0.1) is 0 Å². The fourth-order valence-electron chi connectivity index (χ4n) is 1.97. The zero-order valence-electron chi connectivity index (χ0n) is 10.8. The summed E-state index contributed by atoms with van der Waals surface area (Å²) in [6.45, 7) is 2.30. The standard InChI is InChI=1S/C16H16O3/c1-2-13-9-6-10-14(15(13)16(17)18)19-11-12-7-4-3-5-8-12/h3-10H,2,11H2,1H3,(H,17,18). The molecule has 0 atom stereocenters. The minimum atomic E-state index is -0.944. The zero-order valence-corrected chi connectivity index (χ0v) is 10.8. The third kappa shape index (κ3) is 3.13. The van der Waals surface area contributed by atoms with Crippen LogP contribution in [0.1, 0.15) is 28.4 Å². The van der Waals surface area contributed by atoms with Crippen molar-refractivity contribution in [3.63, 3.8) is 0 Å². The van der Waals surface area contributed by atoms with Crippen molar-refractivity contribution in [3.05, 3.63) is 65.2 Å². The van der Waals surface area contributed by atoms with Crippen LogP contribution in [0.5, 0.6) is 5.75 Å². The van der Waals surface area contributed by atoms with Crippen molar-refractivity contribution in [1.82, 2.24) is 0 Å². The normalized spacial score (nSPS) is 10.2. The second-order valence-electron chi connectivity index (χ2n) is 4.22. The van der Waals surface area contributed by atoms with E-state index in [4.69, 9.17) is 4.74 Å². The number of hydrogen-bond donors (Lipinski definition) is 1. The zero-order chi connectivity index (χ0) is 13.7. The lowest BCUT2D eigenvalue weighted by Gasteiger charge is -2.12. The average molecular weight is 256 g/mol. The molecule has 0 fully saturated rings. The summed E-state index contributed by atoms with van der Waals surface area (Å²) in [6, 6.07) is 15.0. The van der Waals surface area contributed by atoms with Gasteiger partial charge in [-0.25, -0.2) is 4.79 Å². The summed E-state index contributed by atoms with van der Waals surface area (Å²) in [5, 5.41) is 9.29. The van der Waals surface area contributed by atoms with Gasteiger partial charge >= 0.3 is 5.97 Å². The molecule has 2 aromatic rings. The first-order valence-corrected chi connectivity index (χ1v) is 6.24. The van der Waals surface area contributed by atoms with Gasteiger partial charge in [-0.05, 0) is 23.6 Å². The summed E-state index contributed by atoms with van der Waals surface area (Å²) in [5.74, 6) is -0.517. The molecule has 1 N–H and O–H groups in total. The molecule has 2 rings (SSSR count). The number of ether oxygens (including phenoxy) is 1. The second kappa shape index (κ2) is 6.05. The quantitative estimate of drug-likeness (QED) is 0.890. The van der Waals surface area contributed by atoms with Gasteiger partial charge in [0.1, 0.15) is 17.9 Å². The lowest BCUT2D eigenvalue weighted by Crippen LogP contribution is -2.06. The highest BCUT2D eigenvalue weighted by atomic mass is 16.5. The van der Waals surface area contributed by atoms with Crippen molar-refractivity contribution in [3.8, 4) is 5.75 Å². The number of aryl methyl sites for hydroxylation is 1. The third-order valence-corrected chi connectivity index (χ3v) is 2.94. The predicted octanol–water partition coefficient (Wildman–Crippen LogP) is 3.53. The Morgan fingerprint density at radius 1 is 1.11 bits per heavy atom. The first kappa shape index (κ1) is 13.1. The molecule has 3 nitrogen and oxygen atoms in total. The molecule has 0 heterocycles. The molecule has 3 heteroatoms. The number of aromatic carboxylic acids is 1. The van der Waals surface area contributed by atoms with E-state index in [1.807, 2.05) is 49.4 Å². The SMILES string of the molecule is CCc1cccc(OCc2ccccc2)c1C(=O)O. The van der Waals surface area contributed by atoms with Crippen LogP contribution in [-0.2, 0) is 13.0 Å². The first-order valence-electron chi connectivity index (χ1n) is 6.24. The van der Waals surface area contributed by atoms with Crippen molar-refractivity contribution < 1.29 is 14.6 Å². The van der Waals surface area contributed by atoms with Crippen LogP contribution in [-0.4, -0.2) is 11.1 Å². The van der Waals surface area contributed by atoms with Crippen LogP contribution in [0.3, 0.4) is 0 Å². The largest absolute Gasteiger partial charge is 0.488 e. The second-order valence-corrected chi connectivity index (χ2v) is 4.22. The van der Waals surface area contributed by atoms with E-state index in [0.29, 0.717) is 18.8 Å². The molecular formula is C16H16O3. The smallest absolute Gasteiger partial charge is 0.339 e. The molecule has 0 saturated carbocycles. The molecule has 0 saturated heterocycles. The molecular weight excluding hydrogens is 240 g/mol. The highest BCUT2D eigenvalue weighted by Crippen LogP contribution is 2.24. The maximum atomic E-state index is 11.3. The van der Waals surface area contributed by atoms with Gasteiger partial charge in [-0.2, -0.15) is 0 Å². The Kier molecular flexibility index (Phi) is 4.18. The van der Waals surface area contributed by atoms with Crippen molar-refractivity contribution in [2.45, 2.75) is 20.0 Å². The maximum absolute atomic E-state index is 11.3. The Bertz CT molecular complexity index is 561.